The summed E-state index contributed by atoms with van der Waals surface area (Å²) >= 11 is 0. The lowest BCUT2D eigenvalue weighted by molar-refractivity contribution is -0.124. The average Bonchev–Trinajstić information content (AvgIpc) is 2.92. The summed E-state index contributed by atoms with van der Waals surface area (Å²) in [6.07, 6.45) is 3.18. The van der Waals surface area contributed by atoms with Crippen molar-refractivity contribution in [2.24, 2.45) is 7.05 Å². The summed E-state index contributed by atoms with van der Waals surface area (Å²) in [6, 6.07) is 7.35. The van der Waals surface area contributed by atoms with E-state index in [2.05, 4.69) is 10.4 Å². The lowest BCUT2D eigenvalue weighted by atomic mass is 10.2. The zero-order valence-corrected chi connectivity index (χ0v) is 14.2. The van der Waals surface area contributed by atoms with Crippen LogP contribution in [0.1, 0.15) is 32.7 Å². The zero-order chi connectivity index (χ0) is 17.3. The van der Waals surface area contributed by atoms with Crippen molar-refractivity contribution in [3.8, 4) is 0 Å². The van der Waals surface area contributed by atoms with Gasteiger partial charge in [-0.1, -0.05) is 32.0 Å². The molecule has 0 bridgehead atoms. The molecule has 0 fully saturated rings. The van der Waals surface area contributed by atoms with Gasteiger partial charge in [-0.2, -0.15) is 5.10 Å². The number of rotatable bonds is 5. The molecule has 0 spiro atoms. The number of carbonyl (C=O) groups is 1. The number of carbonyl (C=O) groups excluding carboxylic acids is 1. The molecule has 6 nitrogen and oxygen atoms in total. The molecule has 0 saturated heterocycles. The number of benzene rings is 1. The number of aromatic nitrogens is 3. The van der Waals surface area contributed by atoms with Crippen molar-refractivity contribution in [2.45, 2.75) is 32.7 Å². The van der Waals surface area contributed by atoms with Gasteiger partial charge in [0.2, 0.25) is 5.91 Å². The normalized spacial score (nSPS) is 12.6. The van der Waals surface area contributed by atoms with E-state index in [0.29, 0.717) is 18.5 Å². The highest BCUT2D eigenvalue weighted by Crippen LogP contribution is 2.30. The first kappa shape index (κ1) is 16.2. The van der Waals surface area contributed by atoms with Crippen LogP contribution in [-0.2, 0) is 11.8 Å². The molecule has 1 amide bonds. The maximum Gasteiger partial charge on any atom is 0.291 e. The van der Waals surface area contributed by atoms with E-state index < -0.39 is 6.04 Å². The van der Waals surface area contributed by atoms with Gasteiger partial charge in [0.25, 0.3) is 5.56 Å². The van der Waals surface area contributed by atoms with E-state index in [1.54, 1.807) is 13.2 Å². The topological polar surface area (TPSA) is 68.9 Å². The quantitative estimate of drug-likeness (QED) is 0.782. The summed E-state index contributed by atoms with van der Waals surface area (Å²) in [5.74, 6) is -0.0548. The van der Waals surface area contributed by atoms with Crippen LogP contribution in [0, 0.1) is 0 Å². The van der Waals surface area contributed by atoms with Gasteiger partial charge < -0.3 is 9.88 Å². The SMILES string of the molecule is CCCNC(=O)[C@@H](CC)n1c2ccccc2c2cnn(C)c(=O)c21. The third-order valence-corrected chi connectivity index (χ3v) is 4.36. The van der Waals surface area contributed by atoms with E-state index in [9.17, 15) is 9.59 Å². The monoisotopic (exact) mass is 326 g/mol. The Bertz CT molecular complexity index is 955. The summed E-state index contributed by atoms with van der Waals surface area (Å²) in [7, 11) is 1.63. The third-order valence-electron chi connectivity index (χ3n) is 4.36. The van der Waals surface area contributed by atoms with Gasteiger partial charge in [-0.25, -0.2) is 4.68 Å². The summed E-state index contributed by atoms with van der Waals surface area (Å²) in [4.78, 5) is 25.4. The van der Waals surface area contributed by atoms with Crippen molar-refractivity contribution < 1.29 is 4.79 Å². The maximum absolute atomic E-state index is 12.7. The van der Waals surface area contributed by atoms with Crippen molar-refractivity contribution in [3.63, 3.8) is 0 Å². The van der Waals surface area contributed by atoms with Crippen molar-refractivity contribution in [2.75, 3.05) is 6.54 Å². The Morgan fingerprint density at radius 1 is 1.25 bits per heavy atom. The number of nitrogens with zero attached hydrogens (tertiary/aromatic N) is 3. The first-order chi connectivity index (χ1) is 11.6. The van der Waals surface area contributed by atoms with Crippen molar-refractivity contribution in [1.82, 2.24) is 19.7 Å². The van der Waals surface area contributed by atoms with Crippen LogP contribution in [0.2, 0.25) is 0 Å². The first-order valence-electron chi connectivity index (χ1n) is 8.32. The predicted octanol–water partition coefficient (Wildman–Crippen LogP) is 2.37. The van der Waals surface area contributed by atoms with Crippen LogP contribution in [0.3, 0.4) is 0 Å². The molecule has 0 radical (unpaired) electrons. The molecule has 0 saturated carbocycles. The second kappa shape index (κ2) is 6.47. The van der Waals surface area contributed by atoms with Gasteiger partial charge in [-0.05, 0) is 18.9 Å². The van der Waals surface area contributed by atoms with Crippen LogP contribution >= 0.6 is 0 Å². The number of amides is 1. The molecule has 126 valence electrons. The van der Waals surface area contributed by atoms with Gasteiger partial charge in [0, 0.05) is 24.4 Å². The molecule has 2 heterocycles. The van der Waals surface area contributed by atoms with Crippen LogP contribution in [0.15, 0.2) is 35.3 Å². The minimum Gasteiger partial charge on any atom is -0.354 e. The number of aryl methyl sites for hydroxylation is 1. The van der Waals surface area contributed by atoms with Crippen molar-refractivity contribution in [3.05, 3.63) is 40.8 Å². The van der Waals surface area contributed by atoms with Gasteiger partial charge >= 0.3 is 0 Å². The molecule has 1 aromatic carbocycles. The molecule has 0 aliphatic rings. The van der Waals surface area contributed by atoms with E-state index in [1.165, 1.54) is 4.68 Å². The molecule has 0 unspecified atom stereocenters. The standard InChI is InChI=1S/C18H22N4O2/c1-4-10-19-17(23)14(5-2)22-15-9-7-6-8-12(15)13-11-20-21(3)18(24)16(13)22/h6-9,11,14H,4-5,10H2,1-3H3,(H,19,23)/t14-/m1/s1. The largest absolute Gasteiger partial charge is 0.354 e. The van der Waals surface area contributed by atoms with Crippen LogP contribution in [0.25, 0.3) is 21.8 Å². The Morgan fingerprint density at radius 3 is 2.71 bits per heavy atom. The molecular weight excluding hydrogens is 304 g/mol. The first-order valence-corrected chi connectivity index (χ1v) is 8.32. The molecular formula is C18H22N4O2. The van der Waals surface area contributed by atoms with E-state index in [0.717, 1.165) is 22.7 Å². The lowest BCUT2D eigenvalue weighted by Gasteiger charge is -2.19. The van der Waals surface area contributed by atoms with Gasteiger partial charge in [-0.15, -0.1) is 0 Å². The highest BCUT2D eigenvalue weighted by atomic mass is 16.2. The van der Waals surface area contributed by atoms with Crippen LogP contribution in [0.4, 0.5) is 0 Å². The fourth-order valence-electron chi connectivity index (χ4n) is 3.16. The van der Waals surface area contributed by atoms with Crippen molar-refractivity contribution in [1.29, 1.82) is 0 Å². The van der Waals surface area contributed by atoms with Gasteiger partial charge in [-0.3, -0.25) is 9.59 Å². The summed E-state index contributed by atoms with van der Waals surface area (Å²) < 4.78 is 3.19. The van der Waals surface area contributed by atoms with Crippen LogP contribution in [-0.4, -0.2) is 26.8 Å². The second-order valence-electron chi connectivity index (χ2n) is 5.94. The highest BCUT2D eigenvalue weighted by molar-refractivity contribution is 6.08. The van der Waals surface area contributed by atoms with E-state index in [4.69, 9.17) is 0 Å². The number of hydrogen-bond acceptors (Lipinski definition) is 3. The number of para-hydroxylation sites is 1. The molecule has 0 aliphatic carbocycles. The van der Waals surface area contributed by atoms with E-state index in [-0.39, 0.29) is 11.5 Å². The molecule has 0 aliphatic heterocycles. The minimum absolute atomic E-state index is 0.0548. The Labute approximate surface area is 140 Å². The van der Waals surface area contributed by atoms with E-state index >= 15 is 0 Å². The fraction of sp³-hybridized carbons (Fsp3) is 0.389. The Balaban J connectivity index is 2.33. The molecule has 1 atom stereocenters. The van der Waals surface area contributed by atoms with E-state index in [1.807, 2.05) is 42.7 Å². The Morgan fingerprint density at radius 2 is 2.00 bits per heavy atom. The molecule has 24 heavy (non-hydrogen) atoms. The zero-order valence-electron chi connectivity index (χ0n) is 14.2. The lowest BCUT2D eigenvalue weighted by Crippen LogP contribution is -2.34. The third kappa shape index (κ3) is 2.48. The predicted molar refractivity (Wildman–Crippen MR) is 95.1 cm³/mol. The van der Waals surface area contributed by atoms with Gasteiger partial charge in [0.15, 0.2) is 0 Å². The molecule has 2 aromatic heterocycles. The van der Waals surface area contributed by atoms with Crippen molar-refractivity contribution >= 4 is 27.7 Å². The van der Waals surface area contributed by atoms with Crippen LogP contribution in [0.5, 0.6) is 0 Å². The number of hydrogen-bond donors (Lipinski definition) is 1. The molecule has 3 rings (SSSR count). The maximum atomic E-state index is 12.7. The fourth-order valence-corrected chi connectivity index (χ4v) is 3.16. The number of nitrogens with one attached hydrogen (secondary N) is 1. The smallest absolute Gasteiger partial charge is 0.291 e. The van der Waals surface area contributed by atoms with Gasteiger partial charge in [0.05, 0.1) is 11.7 Å². The molecule has 6 heteroatoms. The summed E-state index contributed by atoms with van der Waals surface area (Å²) in [5, 5.41) is 8.82. The molecule has 1 N–H and O–H groups in total. The molecule has 3 aromatic rings. The highest BCUT2D eigenvalue weighted by Gasteiger charge is 2.24. The van der Waals surface area contributed by atoms with Crippen LogP contribution < -0.4 is 10.9 Å². The summed E-state index contributed by atoms with van der Waals surface area (Å²) in [5.41, 5.74) is 1.23. The number of fused-ring (bicyclic) bond motifs is 3. The Hall–Kier alpha value is -2.63. The Kier molecular flexibility index (Phi) is 4.38. The minimum atomic E-state index is -0.422. The summed E-state index contributed by atoms with van der Waals surface area (Å²) in [6.45, 7) is 4.61. The second-order valence-corrected chi connectivity index (χ2v) is 5.94. The van der Waals surface area contributed by atoms with Gasteiger partial charge in [0.1, 0.15) is 11.6 Å². The average molecular weight is 326 g/mol.